The van der Waals surface area contributed by atoms with E-state index in [1.54, 1.807) is 0 Å². The molecular formula is C10H12O6. The first-order valence-electron chi connectivity index (χ1n) is 4.85. The molecule has 2 unspecified atom stereocenters. The second-order valence-corrected chi connectivity index (χ2v) is 3.59. The SMILES string of the molecule is O=COCC1CC(=O)C(COC=O)CC1=O. The third kappa shape index (κ3) is 3.15. The standard InChI is InChI=1S/C10H12O6/c11-5-15-3-7-1-9(13)8(2-10(7)14)4-16-6-12/h5-8H,1-4H2. The van der Waals surface area contributed by atoms with Gasteiger partial charge in [-0.1, -0.05) is 0 Å². The van der Waals surface area contributed by atoms with Gasteiger partial charge in [0, 0.05) is 12.8 Å². The quantitative estimate of drug-likeness (QED) is 0.569. The average molecular weight is 228 g/mol. The molecule has 0 N–H and O–H groups in total. The van der Waals surface area contributed by atoms with Crippen LogP contribution in [-0.2, 0) is 28.7 Å². The summed E-state index contributed by atoms with van der Waals surface area (Å²) in [5, 5.41) is 0. The molecule has 2 atom stereocenters. The molecule has 1 fully saturated rings. The smallest absolute Gasteiger partial charge is 0.293 e. The summed E-state index contributed by atoms with van der Waals surface area (Å²) in [6.45, 7) is 0.378. The van der Waals surface area contributed by atoms with Gasteiger partial charge in [-0.2, -0.15) is 0 Å². The molecule has 0 aromatic heterocycles. The number of hydrogen-bond donors (Lipinski definition) is 0. The van der Waals surface area contributed by atoms with E-state index in [1.165, 1.54) is 0 Å². The molecule has 0 aliphatic heterocycles. The second kappa shape index (κ2) is 5.99. The van der Waals surface area contributed by atoms with Crippen molar-refractivity contribution in [3.63, 3.8) is 0 Å². The first-order chi connectivity index (χ1) is 7.69. The van der Waals surface area contributed by atoms with Gasteiger partial charge in [-0.15, -0.1) is 0 Å². The van der Waals surface area contributed by atoms with E-state index in [1.807, 2.05) is 0 Å². The molecule has 0 saturated heterocycles. The van der Waals surface area contributed by atoms with Gasteiger partial charge >= 0.3 is 0 Å². The third-order valence-electron chi connectivity index (χ3n) is 2.54. The number of Topliss-reactive ketones (excluding diaryl/α,β-unsaturated/α-hetero) is 2. The van der Waals surface area contributed by atoms with Crippen LogP contribution in [0.2, 0.25) is 0 Å². The number of carbonyl (C=O) groups is 4. The Balaban J connectivity index is 2.49. The minimum atomic E-state index is -0.551. The van der Waals surface area contributed by atoms with E-state index in [0.29, 0.717) is 0 Å². The monoisotopic (exact) mass is 228 g/mol. The summed E-state index contributed by atoms with van der Waals surface area (Å²) in [6, 6.07) is 0. The molecule has 0 amide bonds. The van der Waals surface area contributed by atoms with Crippen molar-refractivity contribution in [2.75, 3.05) is 13.2 Å². The summed E-state index contributed by atoms with van der Waals surface area (Å²) in [5.74, 6) is -1.38. The van der Waals surface area contributed by atoms with Crippen molar-refractivity contribution in [2.24, 2.45) is 11.8 Å². The van der Waals surface area contributed by atoms with Gasteiger partial charge in [-0.3, -0.25) is 19.2 Å². The summed E-state index contributed by atoms with van der Waals surface area (Å²) in [5.41, 5.74) is 0. The van der Waals surface area contributed by atoms with Crippen LogP contribution in [-0.4, -0.2) is 37.7 Å². The predicted molar refractivity (Wildman–Crippen MR) is 50.3 cm³/mol. The Kier molecular flexibility index (Phi) is 4.63. The summed E-state index contributed by atoms with van der Waals surface area (Å²) < 4.78 is 8.93. The maximum atomic E-state index is 11.5. The zero-order valence-electron chi connectivity index (χ0n) is 8.59. The first-order valence-corrected chi connectivity index (χ1v) is 4.85. The van der Waals surface area contributed by atoms with Crippen LogP contribution in [0.3, 0.4) is 0 Å². The normalized spacial score (nSPS) is 25.0. The zero-order valence-corrected chi connectivity index (χ0v) is 8.59. The highest BCUT2D eigenvalue weighted by atomic mass is 16.5. The van der Waals surface area contributed by atoms with Crippen LogP contribution in [0.5, 0.6) is 0 Å². The second-order valence-electron chi connectivity index (χ2n) is 3.59. The van der Waals surface area contributed by atoms with Gasteiger partial charge in [0.2, 0.25) is 0 Å². The van der Waals surface area contributed by atoms with Crippen LogP contribution in [0, 0.1) is 11.8 Å². The molecule has 6 heteroatoms. The fourth-order valence-electron chi connectivity index (χ4n) is 1.66. The predicted octanol–water partition coefficient (Wildman–Crippen LogP) is -0.503. The van der Waals surface area contributed by atoms with Crippen molar-refractivity contribution in [2.45, 2.75) is 12.8 Å². The average Bonchev–Trinajstić information content (AvgIpc) is 2.28. The Bertz CT molecular complexity index is 268. The van der Waals surface area contributed by atoms with Crippen molar-refractivity contribution >= 4 is 24.5 Å². The molecule has 1 saturated carbocycles. The summed E-state index contributed by atoms with van der Waals surface area (Å²) in [4.78, 5) is 43.0. The molecular weight excluding hydrogens is 216 g/mol. The van der Waals surface area contributed by atoms with Gasteiger partial charge in [0.15, 0.2) is 0 Å². The Hall–Kier alpha value is -1.72. The number of ketones is 2. The Morgan fingerprint density at radius 2 is 1.31 bits per heavy atom. The first kappa shape index (κ1) is 12.4. The van der Waals surface area contributed by atoms with E-state index in [0.717, 1.165) is 0 Å². The van der Waals surface area contributed by atoms with Gasteiger partial charge in [0.05, 0.1) is 11.8 Å². The molecule has 1 aliphatic rings. The molecule has 0 spiro atoms. The van der Waals surface area contributed by atoms with E-state index in [2.05, 4.69) is 9.47 Å². The summed E-state index contributed by atoms with van der Waals surface area (Å²) >= 11 is 0. The van der Waals surface area contributed by atoms with E-state index < -0.39 is 11.8 Å². The highest BCUT2D eigenvalue weighted by Crippen LogP contribution is 2.23. The Morgan fingerprint density at radius 3 is 1.62 bits per heavy atom. The molecule has 1 rings (SSSR count). The lowest BCUT2D eigenvalue weighted by Crippen LogP contribution is -2.36. The van der Waals surface area contributed by atoms with Crippen LogP contribution >= 0.6 is 0 Å². The van der Waals surface area contributed by atoms with Crippen molar-refractivity contribution < 1.29 is 28.7 Å². The largest absolute Gasteiger partial charge is 0.467 e. The maximum absolute atomic E-state index is 11.5. The number of carbonyl (C=O) groups excluding carboxylic acids is 4. The van der Waals surface area contributed by atoms with Gasteiger partial charge in [-0.25, -0.2) is 0 Å². The van der Waals surface area contributed by atoms with Gasteiger partial charge in [0.25, 0.3) is 12.9 Å². The molecule has 16 heavy (non-hydrogen) atoms. The van der Waals surface area contributed by atoms with Crippen LogP contribution in [0.4, 0.5) is 0 Å². The summed E-state index contributed by atoms with van der Waals surface area (Å²) in [7, 11) is 0. The fraction of sp³-hybridized carbons (Fsp3) is 0.600. The molecule has 0 aromatic carbocycles. The minimum absolute atomic E-state index is 0.0412. The lowest BCUT2D eigenvalue weighted by Gasteiger charge is -2.24. The van der Waals surface area contributed by atoms with Crippen LogP contribution in [0.25, 0.3) is 0 Å². The van der Waals surface area contributed by atoms with Gasteiger partial charge in [0.1, 0.15) is 24.8 Å². The highest BCUT2D eigenvalue weighted by molar-refractivity contribution is 5.96. The highest BCUT2D eigenvalue weighted by Gasteiger charge is 2.35. The minimum Gasteiger partial charge on any atom is -0.467 e. The van der Waals surface area contributed by atoms with Gasteiger partial charge < -0.3 is 9.47 Å². The molecule has 0 bridgehead atoms. The summed E-state index contributed by atoms with van der Waals surface area (Å²) in [6.07, 6.45) is 0.0825. The third-order valence-corrected chi connectivity index (χ3v) is 2.54. The van der Waals surface area contributed by atoms with Crippen LogP contribution < -0.4 is 0 Å². The van der Waals surface area contributed by atoms with E-state index >= 15 is 0 Å². The van der Waals surface area contributed by atoms with Crippen molar-refractivity contribution in [3.8, 4) is 0 Å². The Morgan fingerprint density at radius 1 is 0.938 bits per heavy atom. The lowest BCUT2D eigenvalue weighted by molar-refractivity contribution is -0.145. The fourth-order valence-corrected chi connectivity index (χ4v) is 1.66. The number of hydrogen-bond acceptors (Lipinski definition) is 6. The van der Waals surface area contributed by atoms with E-state index in [9.17, 15) is 19.2 Å². The zero-order chi connectivity index (χ0) is 12.0. The molecule has 0 radical (unpaired) electrons. The van der Waals surface area contributed by atoms with Crippen LogP contribution in [0.15, 0.2) is 0 Å². The Labute approximate surface area is 91.9 Å². The molecule has 0 heterocycles. The lowest BCUT2D eigenvalue weighted by atomic mass is 9.81. The number of rotatable bonds is 6. The van der Waals surface area contributed by atoms with Crippen LogP contribution in [0.1, 0.15) is 12.8 Å². The topological polar surface area (TPSA) is 86.7 Å². The number of ether oxygens (including phenoxy) is 2. The molecule has 1 aliphatic carbocycles. The van der Waals surface area contributed by atoms with E-state index in [-0.39, 0.29) is 50.6 Å². The van der Waals surface area contributed by atoms with Crippen molar-refractivity contribution in [3.05, 3.63) is 0 Å². The van der Waals surface area contributed by atoms with Gasteiger partial charge in [-0.05, 0) is 0 Å². The van der Waals surface area contributed by atoms with E-state index in [4.69, 9.17) is 0 Å². The molecule has 0 aromatic rings. The maximum Gasteiger partial charge on any atom is 0.293 e. The van der Waals surface area contributed by atoms with Crippen molar-refractivity contribution in [1.29, 1.82) is 0 Å². The molecule has 6 nitrogen and oxygen atoms in total. The van der Waals surface area contributed by atoms with Crippen molar-refractivity contribution in [1.82, 2.24) is 0 Å². The molecule has 88 valence electrons.